The molecule has 2 rings (SSSR count). The largest absolute Gasteiger partial charge is 0.335 e. The van der Waals surface area contributed by atoms with Crippen LogP contribution in [0.2, 0.25) is 0 Å². The number of piperazine rings is 1. The molecule has 0 radical (unpaired) electrons. The fraction of sp³-hybridized carbons (Fsp3) is 0.500. The molecule has 19 heavy (non-hydrogen) atoms. The maximum absolute atomic E-state index is 12.2. The third-order valence-electron chi connectivity index (χ3n) is 3.49. The van der Waals surface area contributed by atoms with Gasteiger partial charge in [-0.05, 0) is 13.8 Å². The van der Waals surface area contributed by atoms with Crippen LogP contribution in [0.25, 0.3) is 0 Å². The lowest BCUT2D eigenvalue weighted by Gasteiger charge is -2.41. The van der Waals surface area contributed by atoms with E-state index < -0.39 is 0 Å². The van der Waals surface area contributed by atoms with Crippen molar-refractivity contribution >= 4 is 5.91 Å². The summed E-state index contributed by atoms with van der Waals surface area (Å²) < 4.78 is 0. The van der Waals surface area contributed by atoms with Crippen LogP contribution in [0, 0.1) is 12.3 Å². The Bertz CT molecular complexity index is 484. The Kier molecular flexibility index (Phi) is 3.82. The summed E-state index contributed by atoms with van der Waals surface area (Å²) >= 11 is 0. The van der Waals surface area contributed by atoms with Crippen LogP contribution < -0.4 is 0 Å². The molecule has 0 bridgehead atoms. The lowest BCUT2D eigenvalue weighted by atomic mass is 10.0. The summed E-state index contributed by atoms with van der Waals surface area (Å²) in [5.74, 6) is 2.72. The van der Waals surface area contributed by atoms with Gasteiger partial charge in [0.05, 0.1) is 11.7 Å². The fourth-order valence-electron chi connectivity index (χ4n) is 2.13. The van der Waals surface area contributed by atoms with Crippen LogP contribution >= 0.6 is 0 Å². The van der Waals surface area contributed by atoms with E-state index in [1.165, 1.54) is 12.4 Å². The van der Waals surface area contributed by atoms with Gasteiger partial charge in [-0.3, -0.25) is 14.7 Å². The quantitative estimate of drug-likeness (QED) is 0.731. The SMILES string of the molecule is C#CC(C)(C)N1CCN(C(=O)c2cnccn2)CC1. The summed E-state index contributed by atoms with van der Waals surface area (Å²) in [5, 5.41) is 0. The van der Waals surface area contributed by atoms with Crippen molar-refractivity contribution in [3.05, 3.63) is 24.3 Å². The minimum atomic E-state index is -0.262. The second-order valence-corrected chi connectivity index (χ2v) is 5.07. The Hall–Kier alpha value is -1.93. The molecule has 5 nitrogen and oxygen atoms in total. The number of aromatic nitrogens is 2. The molecular formula is C14H18N4O. The minimum Gasteiger partial charge on any atom is -0.335 e. The molecule has 2 heterocycles. The molecule has 0 aromatic carbocycles. The third-order valence-corrected chi connectivity index (χ3v) is 3.49. The zero-order chi connectivity index (χ0) is 13.9. The molecule has 0 N–H and O–H groups in total. The molecule has 1 amide bonds. The number of amides is 1. The molecular weight excluding hydrogens is 240 g/mol. The van der Waals surface area contributed by atoms with Crippen molar-refractivity contribution in [2.75, 3.05) is 26.2 Å². The number of rotatable bonds is 2. The highest BCUT2D eigenvalue weighted by molar-refractivity contribution is 5.92. The van der Waals surface area contributed by atoms with Gasteiger partial charge in [0.2, 0.25) is 0 Å². The fourth-order valence-corrected chi connectivity index (χ4v) is 2.13. The number of nitrogens with zero attached hydrogens (tertiary/aromatic N) is 4. The van der Waals surface area contributed by atoms with Gasteiger partial charge in [0.25, 0.3) is 5.91 Å². The van der Waals surface area contributed by atoms with Gasteiger partial charge in [-0.25, -0.2) is 4.98 Å². The average Bonchev–Trinajstić information content (AvgIpc) is 2.47. The number of terminal acetylenes is 1. The Morgan fingerprint density at radius 1 is 1.32 bits per heavy atom. The maximum Gasteiger partial charge on any atom is 0.274 e. The molecule has 1 aromatic rings. The van der Waals surface area contributed by atoms with Crippen LogP contribution in [0.15, 0.2) is 18.6 Å². The molecule has 1 aromatic heterocycles. The first-order chi connectivity index (χ1) is 9.04. The topological polar surface area (TPSA) is 49.3 Å². The predicted molar refractivity (Wildman–Crippen MR) is 72.4 cm³/mol. The van der Waals surface area contributed by atoms with E-state index in [-0.39, 0.29) is 11.4 Å². The monoisotopic (exact) mass is 258 g/mol. The van der Waals surface area contributed by atoms with Crippen molar-refractivity contribution in [3.8, 4) is 12.3 Å². The van der Waals surface area contributed by atoms with Gasteiger partial charge in [-0.15, -0.1) is 6.42 Å². The molecule has 1 fully saturated rings. The summed E-state index contributed by atoms with van der Waals surface area (Å²) in [4.78, 5) is 24.2. The minimum absolute atomic E-state index is 0.0636. The van der Waals surface area contributed by atoms with E-state index in [9.17, 15) is 4.79 Å². The molecule has 1 aliphatic heterocycles. The van der Waals surface area contributed by atoms with Gasteiger partial charge in [-0.2, -0.15) is 0 Å². The Morgan fingerprint density at radius 3 is 2.53 bits per heavy atom. The van der Waals surface area contributed by atoms with E-state index in [1.807, 2.05) is 13.8 Å². The Balaban J connectivity index is 1.98. The highest BCUT2D eigenvalue weighted by Gasteiger charge is 2.30. The van der Waals surface area contributed by atoms with Crippen LogP contribution in [-0.4, -0.2) is 57.4 Å². The zero-order valence-electron chi connectivity index (χ0n) is 11.3. The summed E-state index contributed by atoms with van der Waals surface area (Å²) in [6.45, 7) is 6.94. The van der Waals surface area contributed by atoms with E-state index >= 15 is 0 Å². The van der Waals surface area contributed by atoms with Gasteiger partial charge < -0.3 is 4.90 Å². The molecule has 0 aliphatic carbocycles. The summed E-state index contributed by atoms with van der Waals surface area (Å²) in [7, 11) is 0. The highest BCUT2D eigenvalue weighted by atomic mass is 16.2. The Morgan fingerprint density at radius 2 is 2.00 bits per heavy atom. The smallest absolute Gasteiger partial charge is 0.274 e. The summed E-state index contributed by atoms with van der Waals surface area (Å²) in [6.07, 6.45) is 10.1. The molecule has 5 heteroatoms. The maximum atomic E-state index is 12.2. The molecule has 1 saturated heterocycles. The predicted octanol–water partition coefficient (Wildman–Crippen LogP) is 0.646. The van der Waals surface area contributed by atoms with E-state index in [0.717, 1.165) is 13.1 Å². The summed E-state index contributed by atoms with van der Waals surface area (Å²) in [6, 6.07) is 0. The van der Waals surface area contributed by atoms with Crippen molar-refractivity contribution in [3.63, 3.8) is 0 Å². The van der Waals surface area contributed by atoms with E-state index in [0.29, 0.717) is 18.8 Å². The third kappa shape index (κ3) is 2.91. The zero-order valence-corrected chi connectivity index (χ0v) is 11.3. The van der Waals surface area contributed by atoms with E-state index in [4.69, 9.17) is 6.42 Å². The summed E-state index contributed by atoms with van der Waals surface area (Å²) in [5.41, 5.74) is 0.133. The normalized spacial score (nSPS) is 17.0. The van der Waals surface area contributed by atoms with E-state index in [2.05, 4.69) is 20.8 Å². The van der Waals surface area contributed by atoms with Crippen LogP contribution in [0.1, 0.15) is 24.3 Å². The molecule has 0 saturated carbocycles. The van der Waals surface area contributed by atoms with Crippen molar-refractivity contribution in [1.29, 1.82) is 0 Å². The Labute approximate surface area is 113 Å². The highest BCUT2D eigenvalue weighted by Crippen LogP contribution is 2.16. The van der Waals surface area contributed by atoms with Crippen molar-refractivity contribution in [1.82, 2.24) is 19.8 Å². The molecule has 0 atom stereocenters. The van der Waals surface area contributed by atoms with Crippen molar-refractivity contribution < 1.29 is 4.79 Å². The average molecular weight is 258 g/mol. The van der Waals surface area contributed by atoms with Gasteiger partial charge in [0.1, 0.15) is 5.69 Å². The van der Waals surface area contributed by atoms with Gasteiger partial charge in [-0.1, -0.05) is 5.92 Å². The molecule has 0 unspecified atom stereocenters. The van der Waals surface area contributed by atoms with Crippen LogP contribution in [-0.2, 0) is 0 Å². The van der Waals surface area contributed by atoms with Gasteiger partial charge in [0, 0.05) is 38.6 Å². The first-order valence-corrected chi connectivity index (χ1v) is 6.33. The van der Waals surface area contributed by atoms with Crippen LogP contribution in [0.3, 0.4) is 0 Å². The van der Waals surface area contributed by atoms with Crippen LogP contribution in [0.5, 0.6) is 0 Å². The van der Waals surface area contributed by atoms with Crippen LogP contribution in [0.4, 0.5) is 0 Å². The van der Waals surface area contributed by atoms with Gasteiger partial charge >= 0.3 is 0 Å². The lowest BCUT2D eigenvalue weighted by molar-refractivity contribution is 0.0518. The van der Waals surface area contributed by atoms with Crippen molar-refractivity contribution in [2.45, 2.75) is 19.4 Å². The number of hydrogen-bond donors (Lipinski definition) is 0. The molecule has 100 valence electrons. The second-order valence-electron chi connectivity index (χ2n) is 5.07. The first kappa shape index (κ1) is 13.5. The lowest BCUT2D eigenvalue weighted by Crippen LogP contribution is -2.55. The number of hydrogen-bond acceptors (Lipinski definition) is 4. The van der Waals surface area contributed by atoms with Crippen molar-refractivity contribution in [2.24, 2.45) is 0 Å². The first-order valence-electron chi connectivity index (χ1n) is 6.33. The standard InChI is InChI=1S/C14H18N4O/c1-4-14(2,3)18-9-7-17(8-10-18)13(19)12-11-15-5-6-16-12/h1,5-6,11H,7-10H2,2-3H3. The number of carbonyl (C=O) groups is 1. The molecule has 0 spiro atoms. The van der Waals surface area contributed by atoms with Gasteiger partial charge in [0.15, 0.2) is 0 Å². The van der Waals surface area contributed by atoms with E-state index in [1.54, 1.807) is 11.1 Å². The second kappa shape index (κ2) is 5.37. The molecule has 1 aliphatic rings. The number of carbonyl (C=O) groups excluding carboxylic acids is 1.